The highest BCUT2D eigenvalue weighted by molar-refractivity contribution is 7.89. The maximum atomic E-state index is 12.6. The fourth-order valence-electron chi connectivity index (χ4n) is 3.48. The molecule has 1 amide bonds. The number of nitrogens with zero attached hydrogens (tertiary/aromatic N) is 1. The van der Waals surface area contributed by atoms with Gasteiger partial charge in [-0.25, -0.2) is 13.1 Å². The Morgan fingerprint density at radius 2 is 1.64 bits per heavy atom. The highest BCUT2D eigenvalue weighted by Crippen LogP contribution is 2.14. The highest BCUT2D eigenvalue weighted by Gasteiger charge is 2.15. The van der Waals surface area contributed by atoms with Gasteiger partial charge in [-0.1, -0.05) is 44.2 Å². The van der Waals surface area contributed by atoms with Crippen LogP contribution in [0.4, 0.5) is 0 Å². The van der Waals surface area contributed by atoms with E-state index in [4.69, 9.17) is 0 Å². The smallest absolute Gasteiger partial charge is 0.251 e. The summed E-state index contributed by atoms with van der Waals surface area (Å²) >= 11 is 1.60. The van der Waals surface area contributed by atoms with Gasteiger partial charge in [0.2, 0.25) is 10.0 Å². The molecule has 3 aromatic rings. The van der Waals surface area contributed by atoms with Crippen LogP contribution in [0.25, 0.3) is 0 Å². The summed E-state index contributed by atoms with van der Waals surface area (Å²) in [5, 5.41) is 4.92. The van der Waals surface area contributed by atoms with Gasteiger partial charge in [0.25, 0.3) is 5.91 Å². The average Bonchev–Trinajstić information content (AvgIpc) is 3.35. The second-order valence-corrected chi connectivity index (χ2v) is 10.5. The summed E-state index contributed by atoms with van der Waals surface area (Å²) in [5.41, 5.74) is 2.69. The lowest BCUT2D eigenvalue weighted by Gasteiger charge is -2.20. The standard InChI is InChI=1S/C25H31N3O3S2/c1-3-28(4-2)19-22-9-6-5-8-21(22)18-26-25(29)20-11-13-24(14-12-20)33(30,31)27-16-15-23-10-7-17-32-23/h5-14,17,27H,3-4,15-16,18-19H2,1-2H3,(H,26,29). The first-order chi connectivity index (χ1) is 15.9. The van der Waals surface area contributed by atoms with Crippen molar-refractivity contribution in [1.29, 1.82) is 0 Å². The monoisotopic (exact) mass is 485 g/mol. The van der Waals surface area contributed by atoms with Crippen LogP contribution in [0, 0.1) is 0 Å². The van der Waals surface area contributed by atoms with Gasteiger partial charge in [-0.3, -0.25) is 9.69 Å². The fraction of sp³-hybridized carbons (Fsp3) is 0.320. The van der Waals surface area contributed by atoms with Crippen LogP contribution in [0.5, 0.6) is 0 Å². The van der Waals surface area contributed by atoms with Crippen molar-refractivity contribution in [2.75, 3.05) is 19.6 Å². The molecular weight excluding hydrogens is 454 g/mol. The van der Waals surface area contributed by atoms with Gasteiger partial charge in [0, 0.05) is 30.1 Å². The summed E-state index contributed by atoms with van der Waals surface area (Å²) in [4.78, 5) is 16.2. The number of sulfonamides is 1. The first kappa shape index (κ1) is 25.1. The molecule has 0 saturated heterocycles. The lowest BCUT2D eigenvalue weighted by molar-refractivity contribution is 0.0950. The molecule has 0 bridgehead atoms. The number of nitrogens with one attached hydrogen (secondary N) is 2. The number of hydrogen-bond acceptors (Lipinski definition) is 5. The van der Waals surface area contributed by atoms with E-state index in [0.717, 1.165) is 30.1 Å². The number of rotatable bonds is 12. The number of carbonyl (C=O) groups excluding carboxylic acids is 1. The predicted molar refractivity (Wildman–Crippen MR) is 134 cm³/mol. The molecule has 8 heteroatoms. The molecule has 0 saturated carbocycles. The Labute approximate surface area is 200 Å². The molecule has 2 N–H and O–H groups in total. The number of benzene rings is 2. The molecule has 6 nitrogen and oxygen atoms in total. The van der Waals surface area contributed by atoms with E-state index in [1.807, 2.05) is 35.7 Å². The van der Waals surface area contributed by atoms with Gasteiger partial charge in [0.05, 0.1) is 4.90 Å². The molecule has 0 fully saturated rings. The number of hydrogen-bond donors (Lipinski definition) is 2. The van der Waals surface area contributed by atoms with Crippen molar-refractivity contribution < 1.29 is 13.2 Å². The lowest BCUT2D eigenvalue weighted by Crippen LogP contribution is -2.27. The van der Waals surface area contributed by atoms with Crippen molar-refractivity contribution in [3.05, 3.63) is 87.6 Å². The number of amides is 1. The maximum Gasteiger partial charge on any atom is 0.251 e. The van der Waals surface area contributed by atoms with Gasteiger partial charge < -0.3 is 5.32 Å². The van der Waals surface area contributed by atoms with Crippen molar-refractivity contribution in [1.82, 2.24) is 14.9 Å². The van der Waals surface area contributed by atoms with Crippen molar-refractivity contribution in [2.24, 2.45) is 0 Å². The molecule has 2 aromatic carbocycles. The zero-order valence-corrected chi connectivity index (χ0v) is 20.7. The summed E-state index contributed by atoms with van der Waals surface area (Å²) in [7, 11) is -3.62. The maximum absolute atomic E-state index is 12.6. The fourth-order valence-corrected chi connectivity index (χ4v) is 5.22. The summed E-state index contributed by atoms with van der Waals surface area (Å²) in [6.45, 7) is 7.79. The molecule has 0 aliphatic heterocycles. The zero-order chi connectivity index (χ0) is 23.7. The van der Waals surface area contributed by atoms with Crippen LogP contribution in [0.2, 0.25) is 0 Å². The van der Waals surface area contributed by atoms with Crippen molar-refractivity contribution in [2.45, 2.75) is 38.3 Å². The third-order valence-corrected chi connectivity index (χ3v) is 7.93. The molecule has 0 unspecified atom stereocenters. The van der Waals surface area contributed by atoms with Crippen LogP contribution in [0.3, 0.4) is 0 Å². The van der Waals surface area contributed by atoms with E-state index in [0.29, 0.717) is 25.1 Å². The lowest BCUT2D eigenvalue weighted by atomic mass is 10.1. The Kier molecular flexibility index (Phi) is 9.20. The van der Waals surface area contributed by atoms with E-state index >= 15 is 0 Å². The minimum absolute atomic E-state index is 0.148. The minimum Gasteiger partial charge on any atom is -0.348 e. The molecule has 0 spiro atoms. The molecule has 0 atom stereocenters. The van der Waals surface area contributed by atoms with Gasteiger partial charge in [-0.15, -0.1) is 11.3 Å². The molecule has 1 aromatic heterocycles. The molecule has 1 heterocycles. The first-order valence-corrected chi connectivity index (χ1v) is 13.5. The van der Waals surface area contributed by atoms with Gasteiger partial charge in [-0.2, -0.15) is 0 Å². The topological polar surface area (TPSA) is 78.5 Å². The summed E-state index contributed by atoms with van der Waals surface area (Å²) in [5.74, 6) is -0.234. The Morgan fingerprint density at radius 1 is 0.939 bits per heavy atom. The minimum atomic E-state index is -3.62. The van der Waals surface area contributed by atoms with Crippen molar-refractivity contribution in [3.8, 4) is 0 Å². The SMILES string of the molecule is CCN(CC)Cc1ccccc1CNC(=O)c1ccc(S(=O)(=O)NCCc2cccs2)cc1. The Bertz CT molecular complexity index is 1120. The van der Waals surface area contributed by atoms with Gasteiger partial charge in [0.15, 0.2) is 0 Å². The predicted octanol–water partition coefficient (Wildman–Crippen LogP) is 4.04. The van der Waals surface area contributed by atoms with Gasteiger partial charge in [0.1, 0.15) is 0 Å². The summed E-state index contributed by atoms with van der Waals surface area (Å²) in [6, 6.07) is 18.1. The Hall–Kier alpha value is -2.52. The largest absolute Gasteiger partial charge is 0.348 e. The second-order valence-electron chi connectivity index (χ2n) is 7.66. The molecule has 0 radical (unpaired) electrons. The highest BCUT2D eigenvalue weighted by atomic mass is 32.2. The molecule has 0 aliphatic rings. The third kappa shape index (κ3) is 7.23. The second kappa shape index (κ2) is 12.1. The number of thiophene rings is 1. The van der Waals surface area contributed by atoms with Crippen LogP contribution in [0.15, 0.2) is 70.9 Å². The van der Waals surface area contributed by atoms with Crippen LogP contribution >= 0.6 is 11.3 Å². The average molecular weight is 486 g/mol. The van der Waals surface area contributed by atoms with E-state index in [9.17, 15) is 13.2 Å². The van der Waals surface area contributed by atoms with Crippen LogP contribution in [-0.4, -0.2) is 38.9 Å². The first-order valence-electron chi connectivity index (χ1n) is 11.1. The quantitative estimate of drug-likeness (QED) is 0.406. The third-order valence-electron chi connectivity index (χ3n) is 5.52. The van der Waals surface area contributed by atoms with E-state index in [1.54, 1.807) is 23.5 Å². The van der Waals surface area contributed by atoms with Crippen LogP contribution < -0.4 is 10.0 Å². The number of carbonyl (C=O) groups is 1. The van der Waals surface area contributed by atoms with Crippen LogP contribution in [-0.2, 0) is 29.5 Å². The Morgan fingerprint density at radius 3 is 2.27 bits per heavy atom. The van der Waals surface area contributed by atoms with E-state index in [-0.39, 0.29) is 10.8 Å². The van der Waals surface area contributed by atoms with Crippen molar-refractivity contribution in [3.63, 3.8) is 0 Å². The van der Waals surface area contributed by atoms with Gasteiger partial charge in [-0.05, 0) is 66.3 Å². The molecule has 3 rings (SSSR count). The van der Waals surface area contributed by atoms with E-state index < -0.39 is 10.0 Å². The van der Waals surface area contributed by atoms with Crippen molar-refractivity contribution >= 4 is 27.3 Å². The zero-order valence-electron chi connectivity index (χ0n) is 19.1. The van der Waals surface area contributed by atoms with E-state index in [1.165, 1.54) is 17.7 Å². The van der Waals surface area contributed by atoms with E-state index in [2.05, 4.69) is 34.9 Å². The molecule has 0 aliphatic carbocycles. The van der Waals surface area contributed by atoms with Gasteiger partial charge >= 0.3 is 0 Å². The van der Waals surface area contributed by atoms with Crippen LogP contribution in [0.1, 0.15) is 40.2 Å². The molecule has 33 heavy (non-hydrogen) atoms. The normalized spacial score (nSPS) is 11.6. The summed E-state index contributed by atoms with van der Waals surface area (Å²) < 4.78 is 27.6. The Balaban J connectivity index is 1.57. The molecule has 176 valence electrons. The molecular formula is C25H31N3O3S2. The summed E-state index contributed by atoms with van der Waals surface area (Å²) in [6.07, 6.45) is 0.646.